The van der Waals surface area contributed by atoms with Crippen LogP contribution in [0, 0.1) is 11.3 Å². The molecule has 1 N–H and O–H groups in total. The van der Waals surface area contributed by atoms with Crippen molar-refractivity contribution in [3.8, 4) is 11.8 Å². The van der Waals surface area contributed by atoms with E-state index in [4.69, 9.17) is 16.9 Å². The van der Waals surface area contributed by atoms with Crippen molar-refractivity contribution in [3.05, 3.63) is 47.0 Å². The van der Waals surface area contributed by atoms with Gasteiger partial charge in [-0.25, -0.2) is 4.98 Å². The number of rotatable bonds is 3. The summed E-state index contributed by atoms with van der Waals surface area (Å²) in [6.07, 6.45) is 3.35. The Balaban J connectivity index is 2.25. The highest BCUT2D eigenvalue weighted by atomic mass is 35.5. The van der Waals surface area contributed by atoms with Crippen LogP contribution in [0.1, 0.15) is 32.2 Å². The molecule has 1 aromatic heterocycles. The third kappa shape index (κ3) is 3.38. The largest absolute Gasteiger partial charge is 0.308 e. The maximum atomic E-state index is 8.99. The Hall–Kier alpha value is -1.83. The highest BCUT2D eigenvalue weighted by molar-refractivity contribution is 6.31. The Morgan fingerprint density at radius 3 is 2.75 bits per heavy atom. The second kappa shape index (κ2) is 5.66. The summed E-state index contributed by atoms with van der Waals surface area (Å²) in [5.41, 5.74) is 1.91. The molecule has 5 heteroatoms. The molecule has 2 aromatic rings. The first-order chi connectivity index (χ1) is 9.40. The zero-order valence-corrected chi connectivity index (χ0v) is 12.6. The van der Waals surface area contributed by atoms with Crippen LogP contribution in [0.5, 0.6) is 0 Å². The fraction of sp³-hybridized carbons (Fsp3) is 0.333. The van der Waals surface area contributed by atoms with Crippen LogP contribution < -0.4 is 5.32 Å². The van der Waals surface area contributed by atoms with E-state index in [0.717, 1.165) is 11.3 Å². The van der Waals surface area contributed by atoms with Crippen molar-refractivity contribution in [1.29, 1.82) is 5.26 Å². The van der Waals surface area contributed by atoms with Gasteiger partial charge in [0.2, 0.25) is 5.82 Å². The second-order valence-corrected chi connectivity index (χ2v) is 6.02. The van der Waals surface area contributed by atoms with Crippen molar-refractivity contribution in [2.24, 2.45) is 0 Å². The molecule has 104 valence electrons. The Morgan fingerprint density at radius 2 is 2.15 bits per heavy atom. The Bertz CT molecular complexity index is 647. The van der Waals surface area contributed by atoms with Crippen molar-refractivity contribution in [1.82, 2.24) is 14.9 Å². The van der Waals surface area contributed by atoms with Crippen molar-refractivity contribution in [3.63, 3.8) is 0 Å². The molecule has 0 atom stereocenters. The minimum Gasteiger partial charge on any atom is -0.308 e. The van der Waals surface area contributed by atoms with E-state index in [1.54, 1.807) is 17.0 Å². The number of aromatic nitrogens is 2. The fourth-order valence-electron chi connectivity index (χ4n) is 1.78. The lowest BCUT2D eigenvalue weighted by Crippen LogP contribution is -2.35. The van der Waals surface area contributed by atoms with Gasteiger partial charge in [0.1, 0.15) is 6.07 Å². The van der Waals surface area contributed by atoms with Gasteiger partial charge in [-0.3, -0.25) is 4.57 Å². The highest BCUT2D eigenvalue weighted by Crippen LogP contribution is 2.21. The molecular formula is C15H17ClN4. The lowest BCUT2D eigenvalue weighted by molar-refractivity contribution is 0.424. The minimum atomic E-state index is 0.0420. The maximum absolute atomic E-state index is 8.99. The van der Waals surface area contributed by atoms with Gasteiger partial charge in [0.05, 0.1) is 0 Å². The molecule has 20 heavy (non-hydrogen) atoms. The molecule has 0 aliphatic carbocycles. The molecule has 0 saturated carbocycles. The molecule has 0 aliphatic rings. The lowest BCUT2D eigenvalue weighted by Gasteiger charge is -2.21. The Kier molecular flexibility index (Phi) is 4.12. The van der Waals surface area contributed by atoms with Crippen molar-refractivity contribution < 1.29 is 0 Å². The summed E-state index contributed by atoms with van der Waals surface area (Å²) in [5.74, 6) is 0.349. The van der Waals surface area contributed by atoms with Gasteiger partial charge < -0.3 is 5.32 Å². The van der Waals surface area contributed by atoms with E-state index >= 15 is 0 Å². The number of halogens is 1. The summed E-state index contributed by atoms with van der Waals surface area (Å²) < 4.78 is 1.72. The summed E-state index contributed by atoms with van der Waals surface area (Å²) >= 11 is 6.31. The molecule has 0 bridgehead atoms. The van der Waals surface area contributed by atoms with E-state index in [1.807, 2.05) is 24.3 Å². The summed E-state index contributed by atoms with van der Waals surface area (Å²) in [7, 11) is 0. The van der Waals surface area contributed by atoms with E-state index in [1.165, 1.54) is 0 Å². The Morgan fingerprint density at radius 1 is 1.40 bits per heavy atom. The van der Waals surface area contributed by atoms with Gasteiger partial charge in [-0.1, -0.05) is 17.7 Å². The van der Waals surface area contributed by atoms with Gasteiger partial charge in [-0.15, -0.1) is 0 Å². The van der Waals surface area contributed by atoms with E-state index in [9.17, 15) is 0 Å². The van der Waals surface area contributed by atoms with Gasteiger partial charge in [0.15, 0.2) is 0 Å². The van der Waals surface area contributed by atoms with Gasteiger partial charge in [0.25, 0.3) is 0 Å². The Labute approximate surface area is 124 Å². The first kappa shape index (κ1) is 14.6. The number of benzene rings is 1. The fourth-order valence-corrected chi connectivity index (χ4v) is 2.03. The molecule has 1 heterocycles. The van der Waals surface area contributed by atoms with E-state index in [2.05, 4.69) is 31.1 Å². The van der Waals surface area contributed by atoms with Crippen LogP contribution in [0.4, 0.5) is 0 Å². The average molecular weight is 289 g/mol. The molecule has 0 amide bonds. The van der Waals surface area contributed by atoms with Gasteiger partial charge in [-0.05, 0) is 38.5 Å². The number of nitriles is 1. The maximum Gasteiger partial charge on any atom is 0.217 e. The molecule has 0 unspecified atom stereocenters. The molecule has 0 fully saturated rings. The zero-order valence-electron chi connectivity index (χ0n) is 11.8. The predicted molar refractivity (Wildman–Crippen MR) is 79.9 cm³/mol. The average Bonchev–Trinajstić information content (AvgIpc) is 2.84. The molecule has 0 saturated heterocycles. The number of hydrogen-bond donors (Lipinski definition) is 1. The van der Waals surface area contributed by atoms with Crippen molar-refractivity contribution in [2.75, 3.05) is 0 Å². The van der Waals surface area contributed by atoms with Gasteiger partial charge in [-0.2, -0.15) is 5.26 Å². The highest BCUT2D eigenvalue weighted by Gasteiger charge is 2.11. The topological polar surface area (TPSA) is 53.6 Å². The molecule has 0 radical (unpaired) electrons. The predicted octanol–water partition coefficient (Wildman–Crippen LogP) is 3.29. The van der Waals surface area contributed by atoms with E-state index < -0.39 is 0 Å². The van der Waals surface area contributed by atoms with E-state index in [-0.39, 0.29) is 5.54 Å². The normalized spacial score (nSPS) is 11.3. The van der Waals surface area contributed by atoms with Crippen LogP contribution >= 0.6 is 11.6 Å². The van der Waals surface area contributed by atoms with Crippen LogP contribution in [-0.4, -0.2) is 15.1 Å². The molecule has 2 rings (SSSR count). The third-order valence-electron chi connectivity index (χ3n) is 2.86. The van der Waals surface area contributed by atoms with Crippen LogP contribution in [0.25, 0.3) is 5.69 Å². The van der Waals surface area contributed by atoms with Crippen molar-refractivity contribution >= 4 is 11.6 Å². The smallest absolute Gasteiger partial charge is 0.217 e. The van der Waals surface area contributed by atoms with Crippen LogP contribution in [-0.2, 0) is 6.54 Å². The zero-order chi connectivity index (χ0) is 14.8. The second-order valence-electron chi connectivity index (χ2n) is 5.61. The molecule has 0 aliphatic heterocycles. The summed E-state index contributed by atoms with van der Waals surface area (Å²) in [5, 5.41) is 13.1. The number of nitrogens with one attached hydrogen (secondary N) is 1. The van der Waals surface area contributed by atoms with Crippen LogP contribution in [0.3, 0.4) is 0 Å². The lowest BCUT2D eigenvalue weighted by atomic mass is 10.1. The number of hydrogen-bond acceptors (Lipinski definition) is 3. The monoisotopic (exact) mass is 288 g/mol. The standard InChI is InChI=1S/C15H17ClN4/c1-15(2,3)19-10-11-4-5-12(8-13(11)16)20-7-6-18-14(20)9-17/h4-8,19H,10H2,1-3H3. The summed E-state index contributed by atoms with van der Waals surface area (Å²) in [4.78, 5) is 3.98. The van der Waals surface area contributed by atoms with Gasteiger partial charge in [0, 0.05) is 35.2 Å². The van der Waals surface area contributed by atoms with Crippen LogP contribution in [0.2, 0.25) is 5.02 Å². The first-order valence-corrected chi connectivity index (χ1v) is 6.76. The minimum absolute atomic E-state index is 0.0420. The summed E-state index contributed by atoms with van der Waals surface area (Å²) in [6, 6.07) is 7.81. The summed E-state index contributed by atoms with van der Waals surface area (Å²) in [6.45, 7) is 7.04. The molecule has 0 spiro atoms. The molecular weight excluding hydrogens is 272 g/mol. The quantitative estimate of drug-likeness (QED) is 0.943. The molecule has 1 aromatic carbocycles. The SMILES string of the molecule is CC(C)(C)NCc1ccc(-n2ccnc2C#N)cc1Cl. The van der Waals surface area contributed by atoms with Gasteiger partial charge >= 0.3 is 0 Å². The van der Waals surface area contributed by atoms with Crippen LogP contribution in [0.15, 0.2) is 30.6 Å². The number of nitrogens with zero attached hydrogens (tertiary/aromatic N) is 3. The molecule has 4 nitrogen and oxygen atoms in total. The number of imidazole rings is 1. The first-order valence-electron chi connectivity index (χ1n) is 6.38. The third-order valence-corrected chi connectivity index (χ3v) is 3.22. The van der Waals surface area contributed by atoms with E-state index in [0.29, 0.717) is 17.4 Å². The van der Waals surface area contributed by atoms with Crippen molar-refractivity contribution in [2.45, 2.75) is 32.9 Å².